The normalized spacial score (nSPS) is 17.3. The van der Waals surface area contributed by atoms with Crippen LogP contribution in [-0.2, 0) is 24.0 Å². The summed E-state index contributed by atoms with van der Waals surface area (Å²) >= 11 is 0. The van der Waals surface area contributed by atoms with E-state index in [1.54, 1.807) is 19.6 Å². The van der Waals surface area contributed by atoms with Crippen LogP contribution in [0.1, 0.15) is 13.8 Å². The van der Waals surface area contributed by atoms with Crippen LogP contribution in [0.15, 0.2) is 0 Å². The van der Waals surface area contributed by atoms with E-state index in [1.165, 1.54) is 4.90 Å². The standard InChI is InChI=1S/C22H39N5O9.Gd/c1-17(2)11-27(16-22(35)36)18(28)12-23-3-5-24(13-19(29)30)7-9-26(15-21(33)34)10-8-25(6-4-23)14-20(31)32;/h17H,3-16H2,1-2H3,(H,29,30)(H,31,32)(H,33,34)(H,35,36);/q;+3/p-3. The third-order valence-electron chi connectivity index (χ3n) is 5.61. The average molecular weight is 672 g/mol. The first-order valence-electron chi connectivity index (χ1n) is 11.8. The molecule has 0 aromatic carbocycles. The molecule has 0 spiro atoms. The third-order valence-corrected chi connectivity index (χ3v) is 5.61. The van der Waals surface area contributed by atoms with Gasteiger partial charge >= 0.3 is 45.9 Å². The van der Waals surface area contributed by atoms with Crippen molar-refractivity contribution < 1.29 is 84.3 Å². The van der Waals surface area contributed by atoms with Gasteiger partial charge in [0.25, 0.3) is 0 Å². The molecule has 15 heteroatoms. The molecule has 0 unspecified atom stereocenters. The molecule has 0 saturated carbocycles. The summed E-state index contributed by atoms with van der Waals surface area (Å²) in [4.78, 5) is 65.4. The van der Waals surface area contributed by atoms with Gasteiger partial charge in [-0.2, -0.15) is 0 Å². The molecule has 1 rings (SSSR count). The molecule has 1 aliphatic heterocycles. The first-order valence-corrected chi connectivity index (χ1v) is 11.8. The van der Waals surface area contributed by atoms with E-state index in [9.17, 15) is 44.4 Å². The Morgan fingerprint density at radius 1 is 0.676 bits per heavy atom. The molecule has 1 fully saturated rings. The molecule has 211 valence electrons. The van der Waals surface area contributed by atoms with Crippen LogP contribution in [0.2, 0.25) is 0 Å². The number of aliphatic carboxylic acids is 4. The van der Waals surface area contributed by atoms with Gasteiger partial charge in [-0.25, -0.2) is 0 Å². The smallest absolute Gasteiger partial charge is 0.549 e. The molecule has 1 saturated heterocycles. The molecule has 0 aliphatic carbocycles. The van der Waals surface area contributed by atoms with E-state index >= 15 is 0 Å². The van der Waals surface area contributed by atoms with Crippen molar-refractivity contribution in [2.45, 2.75) is 13.8 Å². The predicted octanol–water partition coefficient (Wildman–Crippen LogP) is -5.97. The summed E-state index contributed by atoms with van der Waals surface area (Å²) < 4.78 is 0. The molecule has 1 radical (unpaired) electrons. The Morgan fingerprint density at radius 2 is 0.973 bits per heavy atom. The summed E-state index contributed by atoms with van der Waals surface area (Å²) in [5.41, 5.74) is 0. The van der Waals surface area contributed by atoms with Crippen molar-refractivity contribution in [3.63, 3.8) is 0 Å². The first kappa shape index (κ1) is 35.5. The summed E-state index contributed by atoms with van der Waals surface area (Å²) in [6, 6.07) is 0. The average Bonchev–Trinajstić information content (AvgIpc) is 2.73. The van der Waals surface area contributed by atoms with Crippen LogP contribution in [0, 0.1) is 45.9 Å². The predicted molar refractivity (Wildman–Crippen MR) is 120 cm³/mol. The van der Waals surface area contributed by atoms with Crippen LogP contribution in [0.5, 0.6) is 0 Å². The van der Waals surface area contributed by atoms with Gasteiger partial charge in [0.05, 0.1) is 24.5 Å². The van der Waals surface area contributed by atoms with Crippen molar-refractivity contribution >= 4 is 29.8 Å². The molecule has 1 heterocycles. The Labute approximate surface area is 248 Å². The monoisotopic (exact) mass is 672 g/mol. The SMILES string of the molecule is CC(C)CN(CC(=O)O)C(=O)CN1CCN(CC(=O)[O-])CCN(CC(=O)[O-])CCN(CC(=O)[O-])CC1.[Gd+3]. The first-order chi connectivity index (χ1) is 16.8. The minimum atomic E-state index is -1.31. The Balaban J connectivity index is 0.0000130. The van der Waals surface area contributed by atoms with Gasteiger partial charge in [0, 0.05) is 78.5 Å². The van der Waals surface area contributed by atoms with Crippen molar-refractivity contribution in [2.24, 2.45) is 5.92 Å². The molecule has 1 aliphatic rings. The van der Waals surface area contributed by atoms with Crippen molar-refractivity contribution in [2.75, 3.05) is 91.6 Å². The third kappa shape index (κ3) is 16.9. The van der Waals surface area contributed by atoms with Gasteiger partial charge in [-0.05, 0) is 5.92 Å². The summed E-state index contributed by atoms with van der Waals surface area (Å²) in [7, 11) is 0. The molecular weight excluding hydrogens is 636 g/mol. The molecule has 0 bridgehead atoms. The van der Waals surface area contributed by atoms with E-state index < -0.39 is 56.0 Å². The Morgan fingerprint density at radius 3 is 1.22 bits per heavy atom. The number of amides is 1. The van der Waals surface area contributed by atoms with E-state index in [0.29, 0.717) is 0 Å². The van der Waals surface area contributed by atoms with Crippen molar-refractivity contribution in [1.82, 2.24) is 24.5 Å². The fourth-order valence-corrected chi connectivity index (χ4v) is 3.91. The van der Waals surface area contributed by atoms with E-state index in [-0.39, 0.29) is 111 Å². The number of carboxylic acid groups (broad SMARTS) is 4. The molecule has 0 aromatic heterocycles. The fraction of sp³-hybridized carbons (Fsp3) is 0.773. The molecule has 37 heavy (non-hydrogen) atoms. The number of hydrogen-bond donors (Lipinski definition) is 1. The Kier molecular flexibility index (Phi) is 18.0. The van der Waals surface area contributed by atoms with Gasteiger partial charge in [0.1, 0.15) is 6.54 Å². The Hall–Kier alpha value is -1.49. The summed E-state index contributed by atoms with van der Waals surface area (Å²) in [6.45, 7) is 3.89. The van der Waals surface area contributed by atoms with Crippen LogP contribution >= 0.6 is 0 Å². The second kappa shape index (κ2) is 18.7. The molecule has 0 aromatic rings. The molecule has 14 nitrogen and oxygen atoms in total. The van der Waals surface area contributed by atoms with Crippen LogP contribution in [0.25, 0.3) is 0 Å². The maximum Gasteiger partial charge on any atom is 3.00 e. The Bertz CT molecular complexity index is 739. The van der Waals surface area contributed by atoms with Gasteiger partial charge in [-0.15, -0.1) is 0 Å². The van der Waals surface area contributed by atoms with Gasteiger partial charge in [-0.1, -0.05) is 13.8 Å². The largest absolute Gasteiger partial charge is 3.00 e. The van der Waals surface area contributed by atoms with E-state index in [1.807, 2.05) is 13.8 Å². The zero-order chi connectivity index (χ0) is 27.3. The van der Waals surface area contributed by atoms with Gasteiger partial charge in [0.2, 0.25) is 5.91 Å². The molecule has 1 N–H and O–H groups in total. The van der Waals surface area contributed by atoms with Crippen LogP contribution < -0.4 is 15.3 Å². The fourth-order valence-electron chi connectivity index (χ4n) is 3.91. The zero-order valence-corrected chi connectivity index (χ0v) is 23.5. The van der Waals surface area contributed by atoms with Gasteiger partial charge < -0.3 is 39.7 Å². The second-order valence-electron chi connectivity index (χ2n) is 9.28. The minimum absolute atomic E-state index is 0. The number of hydrogen-bond acceptors (Lipinski definition) is 12. The van der Waals surface area contributed by atoms with Gasteiger partial charge in [0.15, 0.2) is 0 Å². The van der Waals surface area contributed by atoms with Crippen molar-refractivity contribution in [1.29, 1.82) is 0 Å². The van der Waals surface area contributed by atoms with E-state index in [2.05, 4.69) is 0 Å². The zero-order valence-electron chi connectivity index (χ0n) is 21.3. The van der Waals surface area contributed by atoms with Crippen LogP contribution in [0.4, 0.5) is 0 Å². The number of carboxylic acids is 4. The van der Waals surface area contributed by atoms with Crippen LogP contribution in [0.3, 0.4) is 0 Å². The molecule has 1 amide bonds. The number of carbonyl (C=O) groups excluding carboxylic acids is 4. The van der Waals surface area contributed by atoms with Gasteiger partial charge in [-0.3, -0.25) is 29.2 Å². The molecular formula is C22H36GdN5O9. The maximum absolute atomic E-state index is 12.9. The summed E-state index contributed by atoms with van der Waals surface area (Å²) in [6.07, 6.45) is 0. The molecule has 0 atom stereocenters. The van der Waals surface area contributed by atoms with E-state index in [4.69, 9.17) is 0 Å². The topological polar surface area (TPSA) is 191 Å². The minimum Gasteiger partial charge on any atom is -0.549 e. The van der Waals surface area contributed by atoms with Crippen molar-refractivity contribution in [3.05, 3.63) is 0 Å². The summed E-state index contributed by atoms with van der Waals surface area (Å²) in [5.74, 6) is -5.42. The van der Waals surface area contributed by atoms with Crippen molar-refractivity contribution in [3.8, 4) is 0 Å². The quantitative estimate of drug-likeness (QED) is 0.207. The number of nitrogens with zero attached hydrogens (tertiary/aromatic N) is 5. The summed E-state index contributed by atoms with van der Waals surface area (Å²) in [5, 5.41) is 42.8. The van der Waals surface area contributed by atoms with E-state index in [0.717, 1.165) is 0 Å². The number of rotatable bonds is 12. The maximum atomic E-state index is 12.9. The van der Waals surface area contributed by atoms with Crippen LogP contribution in [-0.4, -0.2) is 151 Å². The number of carbonyl (C=O) groups is 5. The second-order valence-corrected chi connectivity index (χ2v) is 9.28.